The molecule has 0 amide bonds. The Morgan fingerprint density at radius 3 is 2.71 bits per heavy atom. The van der Waals surface area contributed by atoms with Gasteiger partial charge in [-0.25, -0.2) is 0 Å². The lowest BCUT2D eigenvalue weighted by molar-refractivity contribution is 0.173. The van der Waals surface area contributed by atoms with E-state index in [1.54, 1.807) is 0 Å². The lowest BCUT2D eigenvalue weighted by atomic mass is 10.1. The first-order valence-corrected chi connectivity index (χ1v) is 6.57. The van der Waals surface area contributed by atoms with E-state index < -0.39 is 0 Å². The standard InChI is InChI=1S/C12H20N4O/c1-13-10-4-6-16(7-5-10)8-11-14-12(15-17-11)9-2-3-9/h9-10,13H,2-8H2,1H3. The van der Waals surface area contributed by atoms with Crippen LogP contribution in [-0.4, -0.2) is 41.2 Å². The topological polar surface area (TPSA) is 54.2 Å². The Kier molecular flexibility index (Phi) is 3.11. The van der Waals surface area contributed by atoms with Crippen molar-refractivity contribution >= 4 is 0 Å². The van der Waals surface area contributed by atoms with Crippen molar-refractivity contribution < 1.29 is 4.52 Å². The van der Waals surface area contributed by atoms with E-state index in [0.717, 1.165) is 31.3 Å². The number of aromatic nitrogens is 2. The SMILES string of the molecule is CNC1CCN(Cc2nc(C3CC3)no2)CC1. The maximum absolute atomic E-state index is 5.30. The predicted octanol–water partition coefficient (Wildman–Crippen LogP) is 1.13. The molecule has 2 heterocycles. The van der Waals surface area contributed by atoms with Gasteiger partial charge in [-0.2, -0.15) is 4.98 Å². The predicted molar refractivity (Wildman–Crippen MR) is 63.6 cm³/mol. The molecule has 5 heteroatoms. The Morgan fingerprint density at radius 1 is 1.29 bits per heavy atom. The van der Waals surface area contributed by atoms with E-state index in [9.17, 15) is 0 Å². The first-order chi connectivity index (χ1) is 8.35. The number of nitrogens with zero attached hydrogens (tertiary/aromatic N) is 3. The molecule has 1 aromatic heterocycles. The van der Waals surface area contributed by atoms with E-state index in [-0.39, 0.29) is 0 Å². The van der Waals surface area contributed by atoms with Crippen LogP contribution in [0.25, 0.3) is 0 Å². The second kappa shape index (κ2) is 4.74. The average Bonchev–Trinajstić information content (AvgIpc) is 3.12. The van der Waals surface area contributed by atoms with Gasteiger partial charge in [0.2, 0.25) is 5.89 Å². The van der Waals surface area contributed by atoms with Crippen molar-refractivity contribution in [2.75, 3.05) is 20.1 Å². The van der Waals surface area contributed by atoms with Crippen molar-refractivity contribution in [3.8, 4) is 0 Å². The summed E-state index contributed by atoms with van der Waals surface area (Å²) in [5.74, 6) is 2.29. The molecule has 1 aliphatic carbocycles. The number of nitrogens with one attached hydrogen (secondary N) is 1. The molecule has 0 spiro atoms. The molecule has 1 N–H and O–H groups in total. The molecule has 3 rings (SSSR count). The number of hydrogen-bond acceptors (Lipinski definition) is 5. The molecule has 1 aromatic rings. The lowest BCUT2D eigenvalue weighted by Crippen LogP contribution is -2.40. The molecule has 0 aromatic carbocycles. The highest BCUT2D eigenvalue weighted by atomic mass is 16.5. The highest BCUT2D eigenvalue weighted by Crippen LogP contribution is 2.38. The van der Waals surface area contributed by atoms with Gasteiger partial charge in [-0.1, -0.05) is 5.16 Å². The van der Waals surface area contributed by atoms with Crippen molar-refractivity contribution in [2.24, 2.45) is 0 Å². The van der Waals surface area contributed by atoms with Crippen LogP contribution in [-0.2, 0) is 6.54 Å². The van der Waals surface area contributed by atoms with Crippen molar-refractivity contribution in [3.05, 3.63) is 11.7 Å². The van der Waals surface area contributed by atoms with E-state index in [0.29, 0.717) is 12.0 Å². The molecule has 17 heavy (non-hydrogen) atoms. The van der Waals surface area contributed by atoms with Crippen LogP contribution in [0.15, 0.2) is 4.52 Å². The monoisotopic (exact) mass is 236 g/mol. The number of rotatable bonds is 4. The van der Waals surface area contributed by atoms with Gasteiger partial charge in [0.15, 0.2) is 5.82 Å². The minimum Gasteiger partial charge on any atom is -0.338 e. The maximum Gasteiger partial charge on any atom is 0.240 e. The highest BCUT2D eigenvalue weighted by molar-refractivity contribution is 5.03. The van der Waals surface area contributed by atoms with E-state index in [2.05, 4.69) is 20.4 Å². The molecule has 0 radical (unpaired) electrons. The van der Waals surface area contributed by atoms with Crippen LogP contribution >= 0.6 is 0 Å². The van der Waals surface area contributed by atoms with Gasteiger partial charge in [-0.05, 0) is 32.7 Å². The zero-order valence-electron chi connectivity index (χ0n) is 10.4. The van der Waals surface area contributed by atoms with Gasteiger partial charge >= 0.3 is 0 Å². The molecule has 94 valence electrons. The normalized spacial score (nSPS) is 23.1. The van der Waals surface area contributed by atoms with Crippen LogP contribution in [0.3, 0.4) is 0 Å². The quantitative estimate of drug-likeness (QED) is 0.849. The summed E-state index contributed by atoms with van der Waals surface area (Å²) >= 11 is 0. The summed E-state index contributed by atoms with van der Waals surface area (Å²) in [5.41, 5.74) is 0. The van der Waals surface area contributed by atoms with Gasteiger partial charge in [0.1, 0.15) is 0 Å². The average molecular weight is 236 g/mol. The second-order valence-corrected chi connectivity index (χ2v) is 5.16. The third-order valence-corrected chi connectivity index (χ3v) is 3.78. The summed E-state index contributed by atoms with van der Waals surface area (Å²) in [4.78, 5) is 6.87. The van der Waals surface area contributed by atoms with Gasteiger partial charge in [0.25, 0.3) is 0 Å². The van der Waals surface area contributed by atoms with Crippen LogP contribution in [0.4, 0.5) is 0 Å². The fourth-order valence-corrected chi connectivity index (χ4v) is 2.41. The molecule has 5 nitrogen and oxygen atoms in total. The van der Waals surface area contributed by atoms with Crippen LogP contribution in [0, 0.1) is 0 Å². The molecule has 0 unspecified atom stereocenters. The van der Waals surface area contributed by atoms with E-state index in [1.807, 2.05) is 7.05 Å². The minimum atomic E-state index is 0.586. The number of hydrogen-bond donors (Lipinski definition) is 1. The molecule has 2 fully saturated rings. The molecule has 1 saturated carbocycles. The van der Waals surface area contributed by atoms with Gasteiger partial charge in [0.05, 0.1) is 6.54 Å². The van der Waals surface area contributed by atoms with Gasteiger partial charge in [0, 0.05) is 25.0 Å². The minimum absolute atomic E-state index is 0.586. The van der Waals surface area contributed by atoms with Crippen LogP contribution in [0.1, 0.15) is 43.3 Å². The Balaban J connectivity index is 1.52. The Bertz CT molecular complexity index is 366. The van der Waals surface area contributed by atoms with Crippen molar-refractivity contribution in [1.82, 2.24) is 20.4 Å². The molecule has 1 aliphatic heterocycles. The fraction of sp³-hybridized carbons (Fsp3) is 0.833. The van der Waals surface area contributed by atoms with E-state index >= 15 is 0 Å². The van der Waals surface area contributed by atoms with Crippen molar-refractivity contribution in [2.45, 2.75) is 44.2 Å². The smallest absolute Gasteiger partial charge is 0.240 e. The summed E-state index contributed by atoms with van der Waals surface area (Å²) in [6, 6.07) is 0.677. The molecule has 0 bridgehead atoms. The van der Waals surface area contributed by atoms with Crippen molar-refractivity contribution in [3.63, 3.8) is 0 Å². The fourth-order valence-electron chi connectivity index (χ4n) is 2.41. The zero-order valence-corrected chi connectivity index (χ0v) is 10.4. The lowest BCUT2D eigenvalue weighted by Gasteiger charge is -2.30. The van der Waals surface area contributed by atoms with E-state index in [4.69, 9.17) is 4.52 Å². The van der Waals surface area contributed by atoms with Gasteiger partial charge < -0.3 is 9.84 Å². The summed E-state index contributed by atoms with van der Waals surface area (Å²) in [6.07, 6.45) is 4.87. The van der Waals surface area contributed by atoms with Crippen LogP contribution < -0.4 is 5.32 Å². The first kappa shape index (κ1) is 11.2. The molecular weight excluding hydrogens is 216 g/mol. The Morgan fingerprint density at radius 2 is 2.06 bits per heavy atom. The van der Waals surface area contributed by atoms with E-state index in [1.165, 1.54) is 25.7 Å². The van der Waals surface area contributed by atoms with Gasteiger partial charge in [-0.15, -0.1) is 0 Å². The third kappa shape index (κ3) is 2.66. The highest BCUT2D eigenvalue weighted by Gasteiger charge is 2.29. The zero-order chi connectivity index (χ0) is 11.7. The summed E-state index contributed by atoms with van der Waals surface area (Å²) in [5, 5.41) is 7.39. The number of piperidine rings is 1. The second-order valence-electron chi connectivity index (χ2n) is 5.16. The largest absolute Gasteiger partial charge is 0.338 e. The van der Waals surface area contributed by atoms with Gasteiger partial charge in [-0.3, -0.25) is 4.90 Å². The Hall–Kier alpha value is -0.940. The maximum atomic E-state index is 5.30. The molecule has 0 atom stereocenters. The molecule has 2 aliphatic rings. The Labute approximate surface area is 102 Å². The first-order valence-electron chi connectivity index (χ1n) is 6.57. The third-order valence-electron chi connectivity index (χ3n) is 3.78. The van der Waals surface area contributed by atoms with Crippen LogP contribution in [0.2, 0.25) is 0 Å². The summed E-state index contributed by atoms with van der Waals surface area (Å²) in [7, 11) is 2.04. The van der Waals surface area contributed by atoms with Crippen LogP contribution in [0.5, 0.6) is 0 Å². The summed E-state index contributed by atoms with van der Waals surface area (Å²) in [6.45, 7) is 3.05. The molecular formula is C12H20N4O. The molecule has 1 saturated heterocycles. The number of likely N-dealkylation sites (tertiary alicyclic amines) is 1. The summed E-state index contributed by atoms with van der Waals surface area (Å²) < 4.78 is 5.30. The van der Waals surface area contributed by atoms with Crippen molar-refractivity contribution in [1.29, 1.82) is 0 Å².